The second-order valence-electron chi connectivity index (χ2n) is 4.07. The third kappa shape index (κ3) is 1.95. The molecule has 0 spiro atoms. The zero-order chi connectivity index (χ0) is 12.5. The SMILES string of the molecule is Cc1nc(CN)c(-c2ccc3c(c2)OCCO3)s1. The highest BCUT2D eigenvalue weighted by atomic mass is 32.1. The number of nitrogens with two attached hydrogens (primary N) is 1. The molecular weight excluding hydrogens is 248 g/mol. The third-order valence-electron chi connectivity index (χ3n) is 2.80. The van der Waals surface area contributed by atoms with Gasteiger partial charge in [-0.1, -0.05) is 0 Å². The molecule has 0 amide bonds. The van der Waals surface area contributed by atoms with Crippen LogP contribution in [0.4, 0.5) is 0 Å². The Labute approximate surface area is 109 Å². The van der Waals surface area contributed by atoms with Gasteiger partial charge in [-0.25, -0.2) is 4.98 Å². The van der Waals surface area contributed by atoms with Crippen molar-refractivity contribution in [3.8, 4) is 21.9 Å². The van der Waals surface area contributed by atoms with E-state index in [9.17, 15) is 0 Å². The first kappa shape index (κ1) is 11.5. The lowest BCUT2D eigenvalue weighted by Crippen LogP contribution is -2.15. The van der Waals surface area contributed by atoms with Gasteiger partial charge in [-0.05, 0) is 30.7 Å². The summed E-state index contributed by atoms with van der Waals surface area (Å²) in [5.74, 6) is 1.60. The number of hydrogen-bond donors (Lipinski definition) is 1. The number of nitrogens with zero attached hydrogens (tertiary/aromatic N) is 1. The van der Waals surface area contributed by atoms with Crippen LogP contribution >= 0.6 is 11.3 Å². The molecule has 1 aromatic heterocycles. The van der Waals surface area contributed by atoms with Crippen molar-refractivity contribution in [3.05, 3.63) is 28.9 Å². The predicted octanol–water partition coefficient (Wildman–Crippen LogP) is 2.35. The molecule has 1 aliphatic rings. The molecule has 1 aromatic carbocycles. The van der Waals surface area contributed by atoms with Crippen molar-refractivity contribution in [1.29, 1.82) is 0 Å². The quantitative estimate of drug-likeness (QED) is 0.902. The van der Waals surface area contributed by atoms with Gasteiger partial charge >= 0.3 is 0 Å². The van der Waals surface area contributed by atoms with Crippen molar-refractivity contribution < 1.29 is 9.47 Å². The summed E-state index contributed by atoms with van der Waals surface area (Å²) in [5, 5.41) is 1.03. The molecule has 2 aromatic rings. The van der Waals surface area contributed by atoms with E-state index in [4.69, 9.17) is 15.2 Å². The Balaban J connectivity index is 2.06. The molecule has 2 heterocycles. The van der Waals surface area contributed by atoms with Crippen LogP contribution in [0.15, 0.2) is 18.2 Å². The maximum Gasteiger partial charge on any atom is 0.162 e. The fourth-order valence-electron chi connectivity index (χ4n) is 2.02. The van der Waals surface area contributed by atoms with Gasteiger partial charge in [-0.2, -0.15) is 0 Å². The lowest BCUT2D eigenvalue weighted by molar-refractivity contribution is 0.171. The van der Waals surface area contributed by atoms with Crippen molar-refractivity contribution in [2.45, 2.75) is 13.5 Å². The Morgan fingerprint density at radius 3 is 2.83 bits per heavy atom. The van der Waals surface area contributed by atoms with Crippen molar-refractivity contribution in [2.75, 3.05) is 13.2 Å². The number of thiazole rings is 1. The molecule has 4 nitrogen and oxygen atoms in total. The van der Waals surface area contributed by atoms with Crippen LogP contribution in [0.3, 0.4) is 0 Å². The standard InChI is InChI=1S/C13H14N2O2S/c1-8-15-10(7-14)13(18-8)9-2-3-11-12(6-9)17-5-4-16-11/h2-3,6H,4-5,7,14H2,1H3. The van der Waals surface area contributed by atoms with E-state index in [1.807, 2.05) is 25.1 Å². The van der Waals surface area contributed by atoms with Gasteiger partial charge in [0.15, 0.2) is 11.5 Å². The first-order valence-electron chi connectivity index (χ1n) is 5.84. The molecule has 5 heteroatoms. The molecule has 0 bridgehead atoms. The maximum absolute atomic E-state index is 5.73. The minimum atomic E-state index is 0.452. The highest BCUT2D eigenvalue weighted by molar-refractivity contribution is 7.15. The minimum Gasteiger partial charge on any atom is -0.486 e. The number of aryl methyl sites for hydroxylation is 1. The summed E-state index contributed by atoms with van der Waals surface area (Å²) in [5.41, 5.74) is 7.75. The summed E-state index contributed by atoms with van der Waals surface area (Å²) in [6.45, 7) is 3.65. The maximum atomic E-state index is 5.73. The lowest BCUT2D eigenvalue weighted by Gasteiger charge is -2.18. The van der Waals surface area contributed by atoms with E-state index in [1.54, 1.807) is 11.3 Å². The number of aromatic nitrogens is 1. The molecule has 0 atom stereocenters. The lowest BCUT2D eigenvalue weighted by atomic mass is 10.1. The second kappa shape index (κ2) is 4.59. The van der Waals surface area contributed by atoms with Gasteiger partial charge in [0.25, 0.3) is 0 Å². The Morgan fingerprint density at radius 2 is 2.06 bits per heavy atom. The van der Waals surface area contributed by atoms with E-state index in [-0.39, 0.29) is 0 Å². The van der Waals surface area contributed by atoms with Gasteiger partial charge in [0.05, 0.1) is 15.6 Å². The molecular formula is C13H14N2O2S. The smallest absolute Gasteiger partial charge is 0.162 e. The molecule has 18 heavy (non-hydrogen) atoms. The highest BCUT2D eigenvalue weighted by Crippen LogP contribution is 2.37. The van der Waals surface area contributed by atoms with E-state index in [2.05, 4.69) is 4.98 Å². The van der Waals surface area contributed by atoms with Gasteiger partial charge in [0.2, 0.25) is 0 Å². The summed E-state index contributed by atoms with van der Waals surface area (Å²) in [6, 6.07) is 5.97. The van der Waals surface area contributed by atoms with Crippen LogP contribution in [0, 0.1) is 6.92 Å². The average molecular weight is 262 g/mol. The molecule has 0 saturated carbocycles. The van der Waals surface area contributed by atoms with Crippen molar-refractivity contribution >= 4 is 11.3 Å². The monoisotopic (exact) mass is 262 g/mol. The molecule has 1 aliphatic heterocycles. The van der Waals surface area contributed by atoms with Crippen LogP contribution in [0.1, 0.15) is 10.7 Å². The zero-order valence-electron chi connectivity index (χ0n) is 10.1. The summed E-state index contributed by atoms with van der Waals surface area (Å²) in [6.07, 6.45) is 0. The molecule has 0 aliphatic carbocycles. The van der Waals surface area contributed by atoms with E-state index < -0.39 is 0 Å². The minimum absolute atomic E-state index is 0.452. The van der Waals surface area contributed by atoms with Gasteiger partial charge in [0.1, 0.15) is 13.2 Å². The third-order valence-corrected chi connectivity index (χ3v) is 3.86. The normalized spacial score (nSPS) is 13.7. The first-order valence-corrected chi connectivity index (χ1v) is 6.66. The number of hydrogen-bond acceptors (Lipinski definition) is 5. The summed E-state index contributed by atoms with van der Waals surface area (Å²) in [7, 11) is 0. The van der Waals surface area contributed by atoms with Crippen molar-refractivity contribution in [3.63, 3.8) is 0 Å². The van der Waals surface area contributed by atoms with Crippen LogP contribution in [0.2, 0.25) is 0 Å². The number of ether oxygens (including phenoxy) is 2. The van der Waals surface area contributed by atoms with E-state index in [0.29, 0.717) is 19.8 Å². The Hall–Kier alpha value is -1.59. The number of rotatable bonds is 2. The van der Waals surface area contributed by atoms with Crippen LogP contribution in [-0.4, -0.2) is 18.2 Å². The van der Waals surface area contributed by atoms with Crippen LogP contribution in [0.5, 0.6) is 11.5 Å². The summed E-state index contributed by atoms with van der Waals surface area (Å²) in [4.78, 5) is 5.56. The molecule has 0 fully saturated rings. The molecule has 2 N–H and O–H groups in total. The van der Waals surface area contributed by atoms with Gasteiger partial charge in [-0.3, -0.25) is 0 Å². The van der Waals surface area contributed by atoms with E-state index in [1.165, 1.54) is 0 Å². The Bertz CT molecular complexity index is 580. The first-order chi connectivity index (χ1) is 8.78. The number of benzene rings is 1. The molecule has 0 saturated heterocycles. The Kier molecular flexibility index (Phi) is 2.93. The largest absolute Gasteiger partial charge is 0.486 e. The highest BCUT2D eigenvalue weighted by Gasteiger charge is 2.15. The van der Waals surface area contributed by atoms with Gasteiger partial charge < -0.3 is 15.2 Å². The van der Waals surface area contributed by atoms with Gasteiger partial charge in [-0.15, -0.1) is 11.3 Å². The average Bonchev–Trinajstić information content (AvgIpc) is 2.79. The topological polar surface area (TPSA) is 57.4 Å². The zero-order valence-corrected chi connectivity index (χ0v) is 10.9. The summed E-state index contributed by atoms with van der Waals surface area (Å²) >= 11 is 1.66. The van der Waals surface area contributed by atoms with Crippen molar-refractivity contribution in [1.82, 2.24) is 4.98 Å². The molecule has 0 unspecified atom stereocenters. The van der Waals surface area contributed by atoms with E-state index in [0.717, 1.165) is 32.6 Å². The fourth-order valence-corrected chi connectivity index (χ4v) is 2.96. The second-order valence-corrected chi connectivity index (χ2v) is 5.27. The Morgan fingerprint density at radius 1 is 1.28 bits per heavy atom. The van der Waals surface area contributed by atoms with E-state index >= 15 is 0 Å². The van der Waals surface area contributed by atoms with Crippen LogP contribution in [0.25, 0.3) is 10.4 Å². The van der Waals surface area contributed by atoms with Gasteiger partial charge in [0, 0.05) is 6.54 Å². The fraction of sp³-hybridized carbons (Fsp3) is 0.308. The van der Waals surface area contributed by atoms with Crippen LogP contribution < -0.4 is 15.2 Å². The molecule has 0 radical (unpaired) electrons. The molecule has 3 rings (SSSR count). The van der Waals surface area contributed by atoms with Crippen LogP contribution in [-0.2, 0) is 6.54 Å². The number of fused-ring (bicyclic) bond motifs is 1. The molecule has 94 valence electrons. The van der Waals surface area contributed by atoms with Crippen molar-refractivity contribution in [2.24, 2.45) is 5.73 Å². The predicted molar refractivity (Wildman–Crippen MR) is 71.2 cm³/mol. The summed E-state index contributed by atoms with van der Waals surface area (Å²) < 4.78 is 11.1.